The molecule has 1 atom stereocenters. The summed E-state index contributed by atoms with van der Waals surface area (Å²) in [6, 6.07) is 17.1. The molecule has 300 valence electrons. The highest BCUT2D eigenvalue weighted by Gasteiger charge is 2.45. The number of benzene rings is 2. The third-order valence-electron chi connectivity index (χ3n) is 10.5. The molecule has 1 fully saturated rings. The molecule has 13 nitrogen and oxygen atoms in total. The molecule has 1 aliphatic rings. The van der Waals surface area contributed by atoms with E-state index in [0.29, 0.717) is 67.8 Å². The van der Waals surface area contributed by atoms with Gasteiger partial charge in [-0.15, -0.1) is 22.7 Å². The van der Waals surface area contributed by atoms with Crippen molar-refractivity contribution in [2.75, 3.05) is 27.2 Å². The van der Waals surface area contributed by atoms with E-state index in [1.54, 1.807) is 43.5 Å². The van der Waals surface area contributed by atoms with Gasteiger partial charge in [-0.3, -0.25) is 4.79 Å². The van der Waals surface area contributed by atoms with Crippen molar-refractivity contribution in [3.05, 3.63) is 114 Å². The summed E-state index contributed by atoms with van der Waals surface area (Å²) in [4.78, 5) is 35.8. The number of aromatic hydroxyl groups is 1. The maximum absolute atomic E-state index is 13.4. The first-order valence-electron chi connectivity index (χ1n) is 18.7. The smallest absolute Gasteiger partial charge is 0.349 e. The zero-order valence-corrected chi connectivity index (χ0v) is 33.8. The number of esters is 1. The zero-order valence-electron chi connectivity index (χ0n) is 31.4. The number of nitrogens with zero attached hydrogens (tertiary/aromatic N) is 3. The fourth-order valence-electron chi connectivity index (χ4n) is 7.36. The lowest BCUT2D eigenvalue weighted by Gasteiger charge is -2.35. The van der Waals surface area contributed by atoms with E-state index in [-0.39, 0.29) is 29.5 Å². The molecule has 0 saturated heterocycles. The Hall–Kier alpha value is -4.61. The quantitative estimate of drug-likeness (QED) is 0.0665. The number of hydrogen-bond acceptors (Lipinski definition) is 14. The maximum Gasteiger partial charge on any atom is 0.349 e. The molecule has 1 aliphatic carbocycles. The van der Waals surface area contributed by atoms with Gasteiger partial charge < -0.3 is 44.5 Å². The molecule has 0 bridgehead atoms. The lowest BCUT2D eigenvalue weighted by atomic mass is 9.91. The summed E-state index contributed by atoms with van der Waals surface area (Å²) in [5, 5.41) is 44.8. The summed E-state index contributed by atoms with van der Waals surface area (Å²) in [6.07, 6.45) is 3.41. The Morgan fingerprint density at radius 2 is 1.84 bits per heavy atom. The Bertz CT molecular complexity index is 2310. The Labute approximate surface area is 341 Å². The number of pyridine rings is 1. The lowest BCUT2D eigenvalue weighted by molar-refractivity contribution is -0.169. The second kappa shape index (κ2) is 17.9. The molecule has 16 heteroatoms. The number of aliphatic hydroxyl groups excluding tert-OH is 1. The van der Waals surface area contributed by atoms with Gasteiger partial charge in [0, 0.05) is 48.1 Å². The normalized spacial score (nSPS) is 16.6. The molecule has 4 aromatic heterocycles. The number of aromatic nitrogens is 3. The molecule has 1 saturated carbocycles. The summed E-state index contributed by atoms with van der Waals surface area (Å²) < 4.78 is 17.2. The van der Waals surface area contributed by atoms with E-state index in [0.717, 1.165) is 44.2 Å². The highest BCUT2D eigenvalue weighted by atomic mass is 35.5. The molecule has 4 heterocycles. The number of halogens is 1. The number of methoxy groups -OCH3 is 1. The van der Waals surface area contributed by atoms with Crippen LogP contribution in [-0.4, -0.2) is 80.7 Å². The van der Waals surface area contributed by atoms with Gasteiger partial charge in [-0.2, -0.15) is 4.98 Å². The Kier molecular flexibility index (Phi) is 12.7. The standard InChI is InChI=1S/C41H44ClN5O8S2/c1-47(25-9-11-26(12-10-25)54-40(51)41(52,34-6-4-18-56-34)35-7-5-19-57-35)17-3-8-37-45-39(46-55-37)29-21-33(53-2)24(20-30(29)42)22-43-23-32(49)27-13-15-31(48)38-28(27)14-16-36(50)44-38/h4-7,13-16,18-21,25-26,32,43,48-49,52H,3,8-12,17,22-23H2,1-2H3,(H,44,50)/t25?,26?,32-/m1/s1. The molecule has 0 radical (unpaired) electrons. The molecule has 0 amide bonds. The number of H-pyrrole nitrogens is 1. The SMILES string of the molecule is COc1cc(-c2noc(CCCN(C)C3CCC(OC(=O)C(O)(c4cccs4)c4cccs4)CC3)n2)c(Cl)cc1CNC[C@@H](O)c1ccc(O)c2[nH]c(=O)ccc12. The molecule has 2 aromatic carbocycles. The van der Waals surface area contributed by atoms with E-state index in [2.05, 4.69) is 32.4 Å². The summed E-state index contributed by atoms with van der Waals surface area (Å²) in [5.74, 6) is 0.717. The van der Waals surface area contributed by atoms with Crippen LogP contribution < -0.4 is 15.6 Å². The number of fused-ring (bicyclic) bond motifs is 1. The highest BCUT2D eigenvalue weighted by molar-refractivity contribution is 7.12. The van der Waals surface area contributed by atoms with Crippen LogP contribution in [0.3, 0.4) is 0 Å². The third kappa shape index (κ3) is 8.94. The second-order valence-corrected chi connectivity index (χ2v) is 16.5. The molecule has 6 aromatic rings. The Morgan fingerprint density at radius 1 is 1.11 bits per heavy atom. The van der Waals surface area contributed by atoms with E-state index < -0.39 is 17.7 Å². The average molecular weight is 834 g/mol. The van der Waals surface area contributed by atoms with Crippen molar-refractivity contribution in [3.63, 3.8) is 0 Å². The number of carbonyl (C=O) groups excluding carboxylic acids is 1. The van der Waals surface area contributed by atoms with Gasteiger partial charge >= 0.3 is 5.97 Å². The predicted molar refractivity (Wildman–Crippen MR) is 219 cm³/mol. The van der Waals surface area contributed by atoms with Crippen LogP contribution in [0.1, 0.15) is 65.0 Å². The van der Waals surface area contributed by atoms with E-state index in [4.69, 9.17) is 25.6 Å². The molecule has 5 N–H and O–H groups in total. The number of thiophene rings is 2. The molecule has 57 heavy (non-hydrogen) atoms. The number of aromatic amines is 1. The Balaban J connectivity index is 0.881. The van der Waals surface area contributed by atoms with E-state index in [9.17, 15) is 24.9 Å². The number of aryl methyl sites for hydroxylation is 1. The molecule has 0 unspecified atom stereocenters. The molecular formula is C41H44ClN5O8S2. The number of hydrogen-bond donors (Lipinski definition) is 5. The number of carbonyl (C=O) groups is 1. The van der Waals surface area contributed by atoms with Crippen molar-refractivity contribution >= 4 is 51.1 Å². The van der Waals surface area contributed by atoms with Gasteiger partial charge in [0.2, 0.25) is 22.9 Å². The number of phenols is 1. The van der Waals surface area contributed by atoms with E-state index >= 15 is 0 Å². The number of rotatable bonds is 16. The van der Waals surface area contributed by atoms with Crippen molar-refractivity contribution in [3.8, 4) is 22.9 Å². The summed E-state index contributed by atoms with van der Waals surface area (Å²) in [5.41, 5.74) is 0.0112. The van der Waals surface area contributed by atoms with Gasteiger partial charge in [0.15, 0.2) is 0 Å². The first-order valence-corrected chi connectivity index (χ1v) is 20.8. The molecule has 7 rings (SSSR count). The van der Waals surface area contributed by atoms with Gasteiger partial charge in [-0.05, 0) is 98.4 Å². The second-order valence-electron chi connectivity index (χ2n) is 14.2. The third-order valence-corrected chi connectivity index (χ3v) is 12.8. The van der Waals surface area contributed by atoms with Crippen LogP contribution >= 0.6 is 34.3 Å². The summed E-state index contributed by atoms with van der Waals surface area (Å²) in [6.45, 7) is 1.33. The minimum absolute atomic E-state index is 0.0726. The first kappa shape index (κ1) is 40.6. The number of phenolic OH excluding ortho intramolecular Hbond substituents is 1. The topological polar surface area (TPSA) is 183 Å². The number of aliphatic hydroxyl groups is 2. The molecular weight excluding hydrogens is 790 g/mol. The van der Waals surface area contributed by atoms with Crippen LogP contribution in [0.15, 0.2) is 80.7 Å². The van der Waals surface area contributed by atoms with Gasteiger partial charge in [0.05, 0.1) is 33.5 Å². The predicted octanol–water partition coefficient (Wildman–Crippen LogP) is 6.55. The fraction of sp³-hybridized carbons (Fsp3) is 0.366. The number of ether oxygens (including phenoxy) is 2. The van der Waals surface area contributed by atoms with E-state index in [1.807, 2.05) is 22.9 Å². The van der Waals surface area contributed by atoms with Crippen LogP contribution in [0.5, 0.6) is 11.5 Å². The van der Waals surface area contributed by atoms with Gasteiger partial charge in [-0.1, -0.05) is 35.0 Å². The van der Waals surface area contributed by atoms with Crippen LogP contribution in [0.25, 0.3) is 22.3 Å². The van der Waals surface area contributed by atoms with Gasteiger partial charge in [0.25, 0.3) is 0 Å². The van der Waals surface area contributed by atoms with Gasteiger partial charge in [0.1, 0.15) is 17.6 Å². The first-order chi connectivity index (χ1) is 27.5. The fourth-order valence-corrected chi connectivity index (χ4v) is 9.34. The molecule has 0 aliphatic heterocycles. The van der Waals surface area contributed by atoms with Crippen molar-refractivity contribution in [2.45, 2.75) is 68.9 Å². The minimum Gasteiger partial charge on any atom is -0.506 e. The highest BCUT2D eigenvalue weighted by Crippen LogP contribution is 2.38. The van der Waals surface area contributed by atoms with Crippen molar-refractivity contribution in [1.82, 2.24) is 25.3 Å². The Morgan fingerprint density at radius 3 is 2.53 bits per heavy atom. The van der Waals surface area contributed by atoms with Crippen LogP contribution in [0, 0.1) is 0 Å². The van der Waals surface area contributed by atoms with Crippen LogP contribution in [0.4, 0.5) is 0 Å². The summed E-state index contributed by atoms with van der Waals surface area (Å²) >= 11 is 9.39. The van der Waals surface area contributed by atoms with Gasteiger partial charge in [-0.25, -0.2) is 4.79 Å². The van der Waals surface area contributed by atoms with Crippen molar-refractivity contribution < 1.29 is 34.1 Å². The zero-order chi connectivity index (χ0) is 40.1. The van der Waals surface area contributed by atoms with Crippen molar-refractivity contribution in [2.24, 2.45) is 0 Å². The summed E-state index contributed by atoms with van der Waals surface area (Å²) in [7, 11) is 3.66. The van der Waals surface area contributed by atoms with Crippen LogP contribution in [-0.2, 0) is 28.1 Å². The minimum atomic E-state index is -1.80. The molecule has 0 spiro atoms. The maximum atomic E-state index is 13.4. The van der Waals surface area contributed by atoms with Crippen molar-refractivity contribution in [1.29, 1.82) is 0 Å². The number of nitrogens with one attached hydrogen (secondary N) is 2. The van der Waals surface area contributed by atoms with E-state index in [1.165, 1.54) is 34.8 Å². The average Bonchev–Trinajstić information content (AvgIpc) is 4.03. The largest absolute Gasteiger partial charge is 0.506 e. The monoisotopic (exact) mass is 833 g/mol. The lowest BCUT2D eigenvalue weighted by Crippen LogP contribution is -2.42. The van der Waals surface area contributed by atoms with Crippen LogP contribution in [0.2, 0.25) is 5.02 Å².